The normalized spacial score (nSPS) is 33.6. The summed E-state index contributed by atoms with van der Waals surface area (Å²) in [7, 11) is 2.12. The smallest absolute Gasteiger partial charge is 0.0206 e. The second kappa shape index (κ2) is 6.02. The third kappa shape index (κ3) is 3.47. The van der Waals surface area contributed by atoms with Gasteiger partial charge in [0.1, 0.15) is 0 Å². The maximum Gasteiger partial charge on any atom is 0.0206 e. The van der Waals surface area contributed by atoms with Crippen LogP contribution in [-0.2, 0) is 0 Å². The zero-order chi connectivity index (χ0) is 10.6. The molecule has 0 amide bonds. The van der Waals surface area contributed by atoms with Crippen LogP contribution in [0, 0.1) is 5.92 Å². The van der Waals surface area contributed by atoms with Gasteiger partial charge in [0.15, 0.2) is 0 Å². The minimum Gasteiger partial charge on any atom is -0.316 e. The summed E-state index contributed by atoms with van der Waals surface area (Å²) in [5.41, 5.74) is 0. The molecule has 1 nitrogen and oxygen atoms in total. The Morgan fingerprint density at radius 3 is 2.57 bits per heavy atom. The number of nitrogens with one attached hydrogen (secondary N) is 1. The summed E-state index contributed by atoms with van der Waals surface area (Å²) < 4.78 is 0. The van der Waals surface area contributed by atoms with Crippen molar-refractivity contribution >= 4 is 11.8 Å². The van der Waals surface area contributed by atoms with E-state index in [1.807, 2.05) is 0 Å². The number of hydrogen-bond acceptors (Lipinski definition) is 2. The van der Waals surface area contributed by atoms with E-state index in [2.05, 4.69) is 44.9 Å². The fourth-order valence-corrected chi connectivity index (χ4v) is 3.96. The quantitative estimate of drug-likeness (QED) is 0.772. The van der Waals surface area contributed by atoms with E-state index < -0.39 is 0 Å². The monoisotopic (exact) mass is 215 g/mol. The Kier molecular flexibility index (Phi) is 5.32. The molecule has 1 aliphatic carbocycles. The van der Waals surface area contributed by atoms with Gasteiger partial charge in [-0.05, 0) is 37.5 Å². The van der Waals surface area contributed by atoms with E-state index in [-0.39, 0.29) is 0 Å². The first-order chi connectivity index (χ1) is 6.67. The average molecular weight is 215 g/mol. The van der Waals surface area contributed by atoms with Gasteiger partial charge >= 0.3 is 0 Å². The van der Waals surface area contributed by atoms with Gasteiger partial charge in [-0.1, -0.05) is 27.2 Å². The summed E-state index contributed by atoms with van der Waals surface area (Å²) >= 11 is 2.16. The molecule has 84 valence electrons. The van der Waals surface area contributed by atoms with Gasteiger partial charge in [-0.3, -0.25) is 0 Å². The van der Waals surface area contributed by atoms with E-state index in [1.165, 1.54) is 25.7 Å². The van der Waals surface area contributed by atoms with Crippen molar-refractivity contribution in [1.29, 1.82) is 0 Å². The molecule has 3 atom stereocenters. The van der Waals surface area contributed by atoms with Crippen molar-refractivity contribution in [2.24, 2.45) is 5.92 Å². The van der Waals surface area contributed by atoms with E-state index in [0.717, 1.165) is 22.5 Å². The number of rotatable bonds is 4. The highest BCUT2D eigenvalue weighted by atomic mass is 32.2. The molecule has 0 aromatic rings. The standard InChI is InChI=1S/C12H25NS/c1-5-10-6-7-11(13-4)12(8-10)14-9(2)3/h9-13H,5-8H2,1-4H3. The molecule has 0 aromatic heterocycles. The van der Waals surface area contributed by atoms with E-state index in [1.54, 1.807) is 0 Å². The third-order valence-corrected chi connectivity index (χ3v) is 4.71. The van der Waals surface area contributed by atoms with Gasteiger partial charge in [-0.25, -0.2) is 0 Å². The molecule has 3 unspecified atom stereocenters. The summed E-state index contributed by atoms with van der Waals surface area (Å²) in [4.78, 5) is 0. The second-order valence-corrected chi connectivity index (χ2v) is 6.53. The van der Waals surface area contributed by atoms with Crippen LogP contribution in [0.4, 0.5) is 0 Å². The van der Waals surface area contributed by atoms with Gasteiger partial charge in [-0.2, -0.15) is 11.8 Å². The van der Waals surface area contributed by atoms with Gasteiger partial charge in [-0.15, -0.1) is 0 Å². The van der Waals surface area contributed by atoms with Gasteiger partial charge in [0.05, 0.1) is 0 Å². The molecule has 0 heterocycles. The minimum absolute atomic E-state index is 0.755. The first kappa shape index (κ1) is 12.4. The van der Waals surface area contributed by atoms with Crippen molar-refractivity contribution in [2.75, 3.05) is 7.05 Å². The second-order valence-electron chi connectivity index (χ2n) is 4.71. The molecule has 1 saturated carbocycles. The molecule has 0 spiro atoms. The Balaban J connectivity index is 2.47. The topological polar surface area (TPSA) is 12.0 Å². The van der Waals surface area contributed by atoms with Crippen LogP contribution >= 0.6 is 11.8 Å². The zero-order valence-electron chi connectivity index (χ0n) is 10.0. The fourth-order valence-electron chi connectivity index (χ4n) is 2.41. The van der Waals surface area contributed by atoms with Crippen molar-refractivity contribution in [1.82, 2.24) is 5.32 Å². The highest BCUT2D eigenvalue weighted by Crippen LogP contribution is 2.35. The Hall–Kier alpha value is 0.310. The van der Waals surface area contributed by atoms with Gasteiger partial charge < -0.3 is 5.32 Å². The van der Waals surface area contributed by atoms with E-state index in [0.29, 0.717) is 0 Å². The van der Waals surface area contributed by atoms with Crippen LogP contribution in [0.1, 0.15) is 46.5 Å². The molecular weight excluding hydrogens is 190 g/mol. The summed E-state index contributed by atoms with van der Waals surface area (Å²) in [6.07, 6.45) is 5.59. The summed E-state index contributed by atoms with van der Waals surface area (Å²) in [6.45, 7) is 6.96. The molecule has 2 heteroatoms. The van der Waals surface area contributed by atoms with Crippen LogP contribution in [0.3, 0.4) is 0 Å². The average Bonchev–Trinajstić information content (AvgIpc) is 2.16. The largest absolute Gasteiger partial charge is 0.316 e. The maximum atomic E-state index is 3.48. The Labute approximate surface area is 93.4 Å². The molecule has 0 saturated heterocycles. The summed E-state index contributed by atoms with van der Waals surface area (Å²) in [5.74, 6) is 0.982. The van der Waals surface area contributed by atoms with Crippen LogP contribution in [0.15, 0.2) is 0 Å². The highest BCUT2D eigenvalue weighted by Gasteiger charge is 2.29. The summed E-state index contributed by atoms with van der Waals surface area (Å²) in [5, 5.41) is 5.10. The zero-order valence-corrected chi connectivity index (χ0v) is 10.9. The van der Waals surface area contributed by atoms with Crippen LogP contribution in [0.2, 0.25) is 0 Å². The van der Waals surface area contributed by atoms with Crippen LogP contribution < -0.4 is 5.32 Å². The Morgan fingerprint density at radius 1 is 1.36 bits per heavy atom. The highest BCUT2D eigenvalue weighted by molar-refractivity contribution is 8.00. The first-order valence-electron chi connectivity index (χ1n) is 6.00. The van der Waals surface area contributed by atoms with Crippen molar-refractivity contribution in [3.63, 3.8) is 0 Å². The van der Waals surface area contributed by atoms with Gasteiger partial charge in [0.2, 0.25) is 0 Å². The fraction of sp³-hybridized carbons (Fsp3) is 1.00. The van der Waals surface area contributed by atoms with Gasteiger partial charge in [0.25, 0.3) is 0 Å². The molecule has 1 N–H and O–H groups in total. The van der Waals surface area contributed by atoms with Crippen molar-refractivity contribution in [3.05, 3.63) is 0 Å². The number of hydrogen-bond donors (Lipinski definition) is 1. The van der Waals surface area contributed by atoms with E-state index in [4.69, 9.17) is 0 Å². The predicted molar refractivity (Wildman–Crippen MR) is 67.0 cm³/mol. The lowest BCUT2D eigenvalue weighted by atomic mass is 9.84. The molecule has 0 bridgehead atoms. The molecule has 0 radical (unpaired) electrons. The molecule has 14 heavy (non-hydrogen) atoms. The first-order valence-corrected chi connectivity index (χ1v) is 6.94. The predicted octanol–water partition coefficient (Wildman–Crippen LogP) is 3.29. The summed E-state index contributed by atoms with van der Waals surface area (Å²) in [6, 6.07) is 0.755. The molecule has 0 aromatic carbocycles. The third-order valence-electron chi connectivity index (χ3n) is 3.30. The SMILES string of the molecule is CCC1CCC(NC)C(SC(C)C)C1. The number of thioether (sulfide) groups is 1. The Bertz CT molecular complexity index is 158. The minimum atomic E-state index is 0.755. The van der Waals surface area contributed by atoms with Crippen LogP contribution in [0.5, 0.6) is 0 Å². The maximum absolute atomic E-state index is 3.48. The van der Waals surface area contributed by atoms with Crippen molar-refractivity contribution in [3.8, 4) is 0 Å². The molecule has 1 fully saturated rings. The van der Waals surface area contributed by atoms with E-state index in [9.17, 15) is 0 Å². The molecule has 0 aliphatic heterocycles. The Morgan fingerprint density at radius 2 is 2.07 bits per heavy atom. The lowest BCUT2D eigenvalue weighted by Gasteiger charge is -2.36. The van der Waals surface area contributed by atoms with Crippen LogP contribution in [0.25, 0.3) is 0 Å². The van der Waals surface area contributed by atoms with Crippen LogP contribution in [-0.4, -0.2) is 23.6 Å². The van der Waals surface area contributed by atoms with E-state index >= 15 is 0 Å². The van der Waals surface area contributed by atoms with Gasteiger partial charge in [0, 0.05) is 11.3 Å². The van der Waals surface area contributed by atoms with Crippen molar-refractivity contribution < 1.29 is 0 Å². The van der Waals surface area contributed by atoms with Crippen molar-refractivity contribution in [2.45, 2.75) is 63.0 Å². The lowest BCUT2D eigenvalue weighted by Crippen LogP contribution is -2.41. The molecular formula is C12H25NS. The molecule has 1 rings (SSSR count). The molecule has 1 aliphatic rings. The lowest BCUT2D eigenvalue weighted by molar-refractivity contribution is 0.304.